The van der Waals surface area contributed by atoms with Crippen LogP contribution in [0.5, 0.6) is 23.0 Å². The normalized spacial score (nSPS) is 23.1. The lowest BCUT2D eigenvalue weighted by Gasteiger charge is -2.59. The first kappa shape index (κ1) is 49.4. The number of nitrogens with one attached hydrogen (secondary N) is 1. The van der Waals surface area contributed by atoms with Crippen LogP contribution in [-0.4, -0.2) is 91.7 Å². The Kier molecular flexibility index (Phi) is 16.3. The largest absolute Gasteiger partial charge is 0.496 e. The van der Waals surface area contributed by atoms with E-state index in [2.05, 4.69) is 18.0 Å². The molecule has 1 aliphatic heterocycles. The van der Waals surface area contributed by atoms with Crippen LogP contribution in [0.4, 0.5) is 5.69 Å². The number of nitrogens with zero attached hydrogens (tertiary/aromatic N) is 2. The molecule has 1 heterocycles. The van der Waals surface area contributed by atoms with Crippen molar-refractivity contribution in [2.75, 3.05) is 38.8 Å². The molecule has 3 aromatic carbocycles. The molecule has 352 valence electrons. The van der Waals surface area contributed by atoms with Crippen molar-refractivity contribution in [2.24, 2.45) is 22.9 Å². The van der Waals surface area contributed by atoms with E-state index in [9.17, 15) is 19.8 Å². The van der Waals surface area contributed by atoms with E-state index in [1.54, 1.807) is 42.5 Å². The molecular formula is C50H65N3O11S. The summed E-state index contributed by atoms with van der Waals surface area (Å²) in [5, 5.41) is 27.5. The fraction of sp³-hybridized carbons (Fsp3) is 0.500. The van der Waals surface area contributed by atoms with E-state index in [0.29, 0.717) is 71.9 Å². The van der Waals surface area contributed by atoms with E-state index < -0.39 is 33.4 Å². The van der Waals surface area contributed by atoms with Crippen molar-refractivity contribution in [2.45, 2.75) is 114 Å². The molecule has 14 nitrogen and oxygen atoms in total. The first-order valence-corrected chi connectivity index (χ1v) is 24.1. The summed E-state index contributed by atoms with van der Waals surface area (Å²) >= 11 is 0. The number of hydrogen-bond acceptors (Lipinski definition) is 12. The molecule has 3 N–H and O–H groups in total. The van der Waals surface area contributed by atoms with Crippen LogP contribution in [0.15, 0.2) is 95.0 Å². The van der Waals surface area contributed by atoms with Crippen LogP contribution < -0.4 is 19.5 Å². The lowest BCUT2D eigenvalue weighted by atomic mass is 9.55. The van der Waals surface area contributed by atoms with Crippen molar-refractivity contribution < 1.29 is 52.0 Å². The maximum atomic E-state index is 15.2. The van der Waals surface area contributed by atoms with Gasteiger partial charge >= 0.3 is 0 Å². The zero-order valence-corrected chi connectivity index (χ0v) is 39.3. The van der Waals surface area contributed by atoms with Crippen LogP contribution in [0.3, 0.4) is 0 Å². The number of sulfonamides is 1. The van der Waals surface area contributed by atoms with Gasteiger partial charge in [0.2, 0.25) is 21.7 Å². The third-order valence-corrected chi connectivity index (χ3v) is 14.1. The molecule has 6 rings (SSSR count). The summed E-state index contributed by atoms with van der Waals surface area (Å²) in [6.07, 6.45) is 9.30. The molecule has 2 aliphatic carbocycles. The van der Waals surface area contributed by atoms with Crippen molar-refractivity contribution in [3.05, 3.63) is 96.1 Å². The molecule has 65 heavy (non-hydrogen) atoms. The van der Waals surface area contributed by atoms with Crippen LogP contribution >= 0.6 is 0 Å². The number of aldehydes is 1. The van der Waals surface area contributed by atoms with Gasteiger partial charge in [0.15, 0.2) is 6.29 Å². The van der Waals surface area contributed by atoms with Crippen molar-refractivity contribution in [1.82, 2.24) is 4.31 Å². The van der Waals surface area contributed by atoms with E-state index in [1.807, 2.05) is 39.8 Å². The number of rotatable bonds is 22. The molecule has 0 spiro atoms. The zero-order chi connectivity index (χ0) is 46.9. The number of ether oxygens (including phenoxy) is 4. The van der Waals surface area contributed by atoms with Crippen molar-refractivity contribution in [3.63, 3.8) is 0 Å². The van der Waals surface area contributed by atoms with Crippen LogP contribution in [-0.2, 0) is 24.4 Å². The predicted molar refractivity (Wildman–Crippen MR) is 249 cm³/mol. The van der Waals surface area contributed by atoms with Gasteiger partial charge in [0, 0.05) is 50.3 Å². The number of aliphatic hydroxyl groups excluding tert-OH is 2. The topological polar surface area (TPSA) is 183 Å². The van der Waals surface area contributed by atoms with E-state index >= 15 is 8.42 Å². The van der Waals surface area contributed by atoms with E-state index in [-0.39, 0.29) is 61.3 Å². The molecule has 0 saturated heterocycles. The Morgan fingerprint density at radius 2 is 1.71 bits per heavy atom. The summed E-state index contributed by atoms with van der Waals surface area (Å²) in [5.74, 6) is -1.16. The Bertz CT molecular complexity index is 2320. The Hall–Kier alpha value is -5.06. The Labute approximate surface area is 383 Å². The summed E-state index contributed by atoms with van der Waals surface area (Å²) in [5.41, 5.74) is 2.36. The van der Waals surface area contributed by atoms with E-state index in [1.165, 1.54) is 30.5 Å². The van der Waals surface area contributed by atoms with Gasteiger partial charge in [-0.15, -0.1) is 6.58 Å². The van der Waals surface area contributed by atoms with Crippen LogP contribution in [0.2, 0.25) is 0 Å². The van der Waals surface area contributed by atoms with E-state index in [0.717, 1.165) is 30.4 Å². The minimum absolute atomic E-state index is 0.0187. The number of carbonyl (C=O) groups is 2. The summed E-state index contributed by atoms with van der Waals surface area (Å²) in [7, 11) is -2.79. The number of hydrogen-bond donors (Lipinski definition) is 3. The van der Waals surface area contributed by atoms with E-state index in [4.69, 9.17) is 28.9 Å². The molecule has 6 atom stereocenters. The number of fused-ring (bicyclic) bond motifs is 2. The Morgan fingerprint density at radius 3 is 2.34 bits per heavy atom. The highest BCUT2D eigenvalue weighted by atomic mass is 32.2. The second kappa shape index (κ2) is 21.5. The number of benzene rings is 3. The highest BCUT2D eigenvalue weighted by Crippen LogP contribution is 2.62. The predicted octanol–water partition coefficient (Wildman–Crippen LogP) is 8.79. The van der Waals surface area contributed by atoms with Gasteiger partial charge in [-0.3, -0.25) is 9.59 Å². The van der Waals surface area contributed by atoms with Crippen LogP contribution in [0.1, 0.15) is 108 Å². The minimum Gasteiger partial charge on any atom is -0.496 e. The zero-order valence-electron chi connectivity index (χ0n) is 38.5. The molecule has 0 aromatic heterocycles. The third-order valence-electron chi connectivity index (χ3n) is 12.2. The molecule has 3 aliphatic rings. The van der Waals surface area contributed by atoms with Gasteiger partial charge in [0.25, 0.3) is 0 Å². The Morgan fingerprint density at radius 1 is 1.02 bits per heavy atom. The second-order valence-electron chi connectivity index (χ2n) is 17.9. The second-order valence-corrected chi connectivity index (χ2v) is 19.8. The first-order valence-electron chi connectivity index (χ1n) is 22.6. The molecule has 1 fully saturated rings. The fourth-order valence-electron chi connectivity index (χ4n) is 9.60. The lowest BCUT2D eigenvalue weighted by Crippen LogP contribution is -2.70. The third kappa shape index (κ3) is 11.0. The van der Waals surface area contributed by atoms with Gasteiger partial charge < -0.3 is 39.3 Å². The average Bonchev–Trinajstić information content (AvgIpc) is 3.27. The molecule has 1 amide bonds. The minimum atomic E-state index is -4.28. The van der Waals surface area contributed by atoms with Gasteiger partial charge in [-0.25, -0.2) is 8.42 Å². The van der Waals surface area contributed by atoms with Crippen molar-refractivity contribution in [3.8, 4) is 23.0 Å². The lowest BCUT2D eigenvalue weighted by molar-refractivity contribution is -0.251. The highest BCUT2D eigenvalue weighted by molar-refractivity contribution is 7.89. The smallest absolute Gasteiger partial charge is 0.243 e. The summed E-state index contributed by atoms with van der Waals surface area (Å²) in [4.78, 5) is 30.1. The molecule has 0 bridgehead atoms. The number of anilines is 1. The quantitative estimate of drug-likeness (QED) is 0.0379. The average molecular weight is 916 g/mol. The van der Waals surface area contributed by atoms with Crippen molar-refractivity contribution >= 4 is 33.6 Å². The number of aliphatic hydroxyl groups is 2. The van der Waals surface area contributed by atoms with Gasteiger partial charge in [-0.2, -0.15) is 4.31 Å². The fourth-order valence-corrected chi connectivity index (χ4v) is 11.3. The standard InChI is InChI=1S/C50H65N3O11S/c1-8-24-53(65(58,59)39-20-16-36(17-21-39)51-33(3)57)46-31-43(52-64-49(4,5)6)41-29-34(14-10-12-25-54)40(15-11-13-26-55)47-42-30-38(62-37-18-22-44(60-7)35(28-37)32-56)19-23-45(42)63-50(46,48(41)47)61-27-9-2/h9,16-23,28-30,32,34,40,46-48,54-55H,2,8,10-15,24-27,31H2,1,3-7H3,(H,51,57)/t34-,40+,46-,47+,48+,50+/m0/s1. The molecule has 0 unspecified atom stereocenters. The van der Waals surface area contributed by atoms with Gasteiger partial charge in [-0.05, 0) is 131 Å². The number of methoxy groups -OCH3 is 1. The van der Waals surface area contributed by atoms with Crippen LogP contribution in [0, 0.1) is 17.8 Å². The molecule has 0 radical (unpaired) electrons. The van der Waals surface area contributed by atoms with Crippen LogP contribution in [0.25, 0.3) is 0 Å². The SMILES string of the molecule is C=CCO[C@@]12Oc3ccc(Oc4ccc(OC)c(C=O)c4)cc3[C@H]3[C@H](CCCCO)[C@@H](CCCCO)C=C(C(=NOC(C)(C)C)C[C@@H]1N(CCC)S(=O)(=O)c1ccc(NC(C)=O)cc1)[C@H]32. The molecule has 15 heteroatoms. The number of unbranched alkanes of at least 4 members (excludes halogenated alkanes) is 2. The van der Waals surface area contributed by atoms with Gasteiger partial charge in [0.1, 0.15) is 28.6 Å². The summed E-state index contributed by atoms with van der Waals surface area (Å²) in [6.45, 7) is 13.3. The number of amides is 1. The Balaban J connectivity index is 1.62. The number of oxime groups is 1. The van der Waals surface area contributed by atoms with Crippen molar-refractivity contribution in [1.29, 1.82) is 0 Å². The molecular weight excluding hydrogens is 851 g/mol. The number of carbonyl (C=O) groups excluding carboxylic acids is 2. The first-order chi connectivity index (χ1) is 31.1. The molecule has 3 aromatic rings. The molecule has 1 saturated carbocycles. The van der Waals surface area contributed by atoms with Gasteiger partial charge in [-0.1, -0.05) is 37.1 Å². The summed E-state index contributed by atoms with van der Waals surface area (Å²) in [6, 6.07) is 15.7. The maximum absolute atomic E-state index is 15.2. The summed E-state index contributed by atoms with van der Waals surface area (Å²) < 4.78 is 58.1. The maximum Gasteiger partial charge on any atom is 0.243 e. The van der Waals surface area contributed by atoms with Gasteiger partial charge in [0.05, 0.1) is 41.8 Å². The monoisotopic (exact) mass is 915 g/mol. The number of allylic oxidation sites excluding steroid dienone is 1. The highest BCUT2D eigenvalue weighted by Gasteiger charge is 2.66.